The van der Waals surface area contributed by atoms with Crippen molar-refractivity contribution in [3.05, 3.63) is 42.3 Å². The maximum atomic E-state index is 5.75. The summed E-state index contributed by atoms with van der Waals surface area (Å²) < 4.78 is 22.6. The van der Waals surface area contributed by atoms with E-state index in [2.05, 4.69) is 20.5 Å². The largest absolute Gasteiger partial charge is 0.497 e. The van der Waals surface area contributed by atoms with Gasteiger partial charge in [0, 0.05) is 5.56 Å². The van der Waals surface area contributed by atoms with Gasteiger partial charge in [0.25, 0.3) is 0 Å². The Hall–Kier alpha value is -3.33. The summed E-state index contributed by atoms with van der Waals surface area (Å²) in [5.41, 5.74) is 1.66. The van der Waals surface area contributed by atoms with E-state index >= 15 is 0 Å². The molecule has 0 aliphatic heterocycles. The Morgan fingerprint density at radius 1 is 0.964 bits per heavy atom. The Morgan fingerprint density at radius 3 is 2.61 bits per heavy atom. The smallest absolute Gasteiger partial charge is 0.247 e. The molecule has 4 rings (SSSR count). The van der Waals surface area contributed by atoms with Crippen LogP contribution in [0.3, 0.4) is 0 Å². The summed E-state index contributed by atoms with van der Waals surface area (Å²) in [6.07, 6.45) is 0. The Labute approximate surface area is 165 Å². The van der Waals surface area contributed by atoms with E-state index in [1.807, 2.05) is 24.3 Å². The van der Waals surface area contributed by atoms with Crippen LogP contribution in [0.15, 0.2) is 40.8 Å². The molecule has 0 unspecified atom stereocenters. The van der Waals surface area contributed by atoms with Crippen LogP contribution in [0, 0.1) is 0 Å². The summed E-state index contributed by atoms with van der Waals surface area (Å²) in [5, 5.41) is 12.2. The van der Waals surface area contributed by atoms with E-state index in [0.717, 1.165) is 26.7 Å². The third kappa shape index (κ3) is 3.56. The molecule has 0 radical (unpaired) electrons. The molecular weight excluding hydrogens is 380 g/mol. The van der Waals surface area contributed by atoms with Crippen molar-refractivity contribution in [2.45, 2.75) is 6.54 Å². The summed E-state index contributed by atoms with van der Waals surface area (Å²) in [6, 6.07) is 11.2. The first-order valence-electron chi connectivity index (χ1n) is 8.43. The first kappa shape index (κ1) is 18.1. The summed E-state index contributed by atoms with van der Waals surface area (Å²) in [6.45, 7) is 0.372. The fraction of sp³-hybridized carbons (Fsp3) is 0.211. The molecule has 0 fully saturated rings. The van der Waals surface area contributed by atoms with Gasteiger partial charge in [0.1, 0.15) is 5.75 Å². The van der Waals surface area contributed by atoms with E-state index in [9.17, 15) is 0 Å². The molecule has 4 aromatic rings. The number of hydrogen-bond acceptors (Lipinski definition) is 9. The van der Waals surface area contributed by atoms with Crippen molar-refractivity contribution in [2.24, 2.45) is 0 Å². The number of rotatable bonds is 7. The minimum absolute atomic E-state index is 0.372. The van der Waals surface area contributed by atoms with Crippen molar-refractivity contribution < 1.29 is 18.6 Å². The minimum Gasteiger partial charge on any atom is -0.497 e. The van der Waals surface area contributed by atoms with Crippen molar-refractivity contribution in [3.8, 4) is 28.7 Å². The van der Waals surface area contributed by atoms with E-state index in [1.54, 1.807) is 33.5 Å². The molecular formula is C19H18N4O4S. The van der Waals surface area contributed by atoms with Crippen molar-refractivity contribution in [2.75, 3.05) is 26.6 Å². The van der Waals surface area contributed by atoms with Crippen LogP contribution in [0.4, 0.5) is 5.13 Å². The van der Waals surface area contributed by atoms with E-state index in [1.165, 1.54) is 11.3 Å². The van der Waals surface area contributed by atoms with Crippen molar-refractivity contribution >= 4 is 26.7 Å². The lowest BCUT2D eigenvalue weighted by Crippen LogP contribution is -1.98. The molecule has 0 atom stereocenters. The van der Waals surface area contributed by atoms with Crippen LogP contribution in [0.25, 0.3) is 21.7 Å². The van der Waals surface area contributed by atoms with Crippen LogP contribution < -0.4 is 19.5 Å². The topological polar surface area (TPSA) is 91.5 Å². The van der Waals surface area contributed by atoms with Crippen molar-refractivity contribution in [1.82, 2.24) is 15.2 Å². The van der Waals surface area contributed by atoms with Crippen LogP contribution in [0.2, 0.25) is 0 Å². The first-order chi connectivity index (χ1) is 13.7. The number of fused-ring (bicyclic) bond motifs is 1. The molecule has 9 heteroatoms. The summed E-state index contributed by atoms with van der Waals surface area (Å²) in [7, 11) is 4.82. The monoisotopic (exact) mass is 398 g/mol. The molecule has 2 heterocycles. The number of aromatic nitrogens is 3. The number of nitrogens with one attached hydrogen (secondary N) is 1. The second-order valence-corrected chi connectivity index (χ2v) is 6.81. The fourth-order valence-corrected chi connectivity index (χ4v) is 3.56. The highest BCUT2D eigenvalue weighted by Gasteiger charge is 2.13. The zero-order valence-electron chi connectivity index (χ0n) is 15.6. The highest BCUT2D eigenvalue weighted by Crippen LogP contribution is 2.32. The molecule has 0 bridgehead atoms. The van der Waals surface area contributed by atoms with E-state index < -0.39 is 0 Å². The highest BCUT2D eigenvalue weighted by atomic mass is 32.1. The third-order valence-corrected chi connectivity index (χ3v) is 5.06. The number of anilines is 1. The van der Waals surface area contributed by atoms with Crippen LogP contribution in [-0.2, 0) is 6.54 Å². The molecule has 0 aliphatic rings. The molecule has 0 saturated heterocycles. The Balaban J connectivity index is 1.48. The van der Waals surface area contributed by atoms with Gasteiger partial charge < -0.3 is 23.9 Å². The average molecular weight is 398 g/mol. The second kappa shape index (κ2) is 7.73. The number of ether oxygens (including phenoxy) is 3. The average Bonchev–Trinajstić information content (AvgIpc) is 3.37. The molecule has 0 aliphatic carbocycles. The maximum Gasteiger partial charge on any atom is 0.247 e. The number of benzene rings is 2. The molecule has 1 N–H and O–H groups in total. The van der Waals surface area contributed by atoms with Gasteiger partial charge in [0.15, 0.2) is 16.6 Å². The Morgan fingerprint density at radius 2 is 1.82 bits per heavy atom. The molecule has 8 nitrogen and oxygen atoms in total. The lowest BCUT2D eigenvalue weighted by molar-refractivity contribution is 0.355. The van der Waals surface area contributed by atoms with Gasteiger partial charge in [-0.3, -0.25) is 0 Å². The lowest BCUT2D eigenvalue weighted by atomic mass is 10.2. The van der Waals surface area contributed by atoms with Crippen LogP contribution >= 0.6 is 11.3 Å². The maximum absolute atomic E-state index is 5.75. The van der Waals surface area contributed by atoms with Crippen LogP contribution in [-0.4, -0.2) is 36.5 Å². The molecule has 28 heavy (non-hydrogen) atoms. The fourth-order valence-electron chi connectivity index (χ4n) is 2.67. The SMILES string of the molecule is COc1ccc2nc(NCc3nnc(-c4ccc(OC)c(OC)c4)o3)sc2c1. The van der Waals surface area contributed by atoms with Gasteiger partial charge in [-0.25, -0.2) is 4.98 Å². The van der Waals surface area contributed by atoms with Gasteiger partial charge in [-0.1, -0.05) is 11.3 Å². The van der Waals surface area contributed by atoms with Crippen molar-refractivity contribution in [1.29, 1.82) is 0 Å². The number of nitrogens with zero attached hydrogens (tertiary/aromatic N) is 3. The minimum atomic E-state index is 0.372. The first-order valence-corrected chi connectivity index (χ1v) is 9.25. The van der Waals surface area contributed by atoms with Gasteiger partial charge >= 0.3 is 0 Å². The quantitative estimate of drug-likeness (QED) is 0.500. The van der Waals surface area contributed by atoms with E-state index in [4.69, 9.17) is 18.6 Å². The second-order valence-electron chi connectivity index (χ2n) is 5.78. The highest BCUT2D eigenvalue weighted by molar-refractivity contribution is 7.22. The van der Waals surface area contributed by atoms with Gasteiger partial charge in [0.2, 0.25) is 11.8 Å². The Kier molecular flexibility index (Phi) is 4.98. The molecule has 0 spiro atoms. The summed E-state index contributed by atoms with van der Waals surface area (Å²) in [5.74, 6) is 2.91. The Bertz CT molecular complexity index is 1110. The van der Waals surface area contributed by atoms with Gasteiger partial charge in [0.05, 0.1) is 38.1 Å². The molecule has 144 valence electrons. The van der Waals surface area contributed by atoms with Gasteiger partial charge in [-0.2, -0.15) is 0 Å². The number of methoxy groups -OCH3 is 3. The van der Waals surface area contributed by atoms with E-state index in [0.29, 0.717) is 29.8 Å². The summed E-state index contributed by atoms with van der Waals surface area (Å²) >= 11 is 1.54. The normalized spacial score (nSPS) is 10.8. The third-order valence-electron chi connectivity index (χ3n) is 4.08. The standard InChI is InChI=1S/C19H18N4O4S/c1-24-12-5-6-13-16(9-12)28-19(21-13)20-10-17-22-23-18(27-17)11-4-7-14(25-2)15(8-11)26-3/h4-9H,10H2,1-3H3,(H,20,21). The van der Waals surface area contributed by atoms with Crippen LogP contribution in [0.1, 0.15) is 5.89 Å². The summed E-state index contributed by atoms with van der Waals surface area (Å²) in [4.78, 5) is 4.54. The number of hydrogen-bond donors (Lipinski definition) is 1. The number of thiazole rings is 1. The van der Waals surface area contributed by atoms with Crippen molar-refractivity contribution in [3.63, 3.8) is 0 Å². The predicted molar refractivity (Wildman–Crippen MR) is 106 cm³/mol. The lowest BCUT2D eigenvalue weighted by Gasteiger charge is -2.07. The molecule has 0 saturated carbocycles. The van der Waals surface area contributed by atoms with Gasteiger partial charge in [-0.15, -0.1) is 10.2 Å². The van der Waals surface area contributed by atoms with Crippen LogP contribution in [0.5, 0.6) is 17.2 Å². The van der Waals surface area contributed by atoms with Gasteiger partial charge in [-0.05, 0) is 36.4 Å². The van der Waals surface area contributed by atoms with E-state index in [-0.39, 0.29) is 0 Å². The molecule has 0 amide bonds. The predicted octanol–water partition coefficient (Wildman–Crippen LogP) is 3.98. The molecule has 2 aromatic heterocycles. The zero-order valence-corrected chi connectivity index (χ0v) is 16.4. The zero-order chi connectivity index (χ0) is 19.5. The molecule has 2 aromatic carbocycles.